The summed E-state index contributed by atoms with van der Waals surface area (Å²) < 4.78 is 9.77. The number of ether oxygens (including phenoxy) is 2. The van der Waals surface area contributed by atoms with Crippen molar-refractivity contribution in [1.82, 2.24) is 5.06 Å². The third-order valence-electron chi connectivity index (χ3n) is 2.29. The van der Waals surface area contributed by atoms with E-state index in [0.29, 0.717) is 18.1 Å². The summed E-state index contributed by atoms with van der Waals surface area (Å²) in [5.74, 6) is -1.07. The normalized spacial score (nSPS) is 25.0. The zero-order valence-corrected chi connectivity index (χ0v) is 8.51. The van der Waals surface area contributed by atoms with Gasteiger partial charge >= 0.3 is 6.16 Å². The number of hydrogen-bond acceptors (Lipinski definition) is 6. The molecule has 2 fully saturated rings. The topological polar surface area (TPSA) is 82.1 Å². The van der Waals surface area contributed by atoms with Crippen LogP contribution in [0.5, 0.6) is 0 Å². The molecule has 0 radical (unpaired) electrons. The van der Waals surface area contributed by atoms with E-state index in [4.69, 9.17) is 9.47 Å². The highest BCUT2D eigenvalue weighted by molar-refractivity contribution is 6.01. The number of rotatable bonds is 2. The van der Waals surface area contributed by atoms with Crippen molar-refractivity contribution >= 4 is 18.0 Å². The van der Waals surface area contributed by atoms with Gasteiger partial charge in [0.15, 0.2) is 0 Å². The van der Waals surface area contributed by atoms with Crippen molar-refractivity contribution in [3.63, 3.8) is 0 Å². The number of nitrogens with zero attached hydrogens (tertiary/aromatic N) is 1. The van der Waals surface area contributed by atoms with Crippen LogP contribution < -0.4 is 0 Å². The molecule has 16 heavy (non-hydrogen) atoms. The van der Waals surface area contributed by atoms with Crippen molar-refractivity contribution in [3.8, 4) is 0 Å². The first-order valence-corrected chi connectivity index (χ1v) is 5.03. The number of hydrogen-bond donors (Lipinski definition) is 0. The smallest absolute Gasteiger partial charge is 0.403 e. The van der Waals surface area contributed by atoms with Crippen LogP contribution in [0.3, 0.4) is 0 Å². The molecule has 0 N–H and O–H groups in total. The maximum Gasteiger partial charge on any atom is 0.536 e. The van der Waals surface area contributed by atoms with Crippen LogP contribution in [0.1, 0.15) is 25.7 Å². The lowest BCUT2D eigenvalue weighted by Gasteiger charge is -2.14. The summed E-state index contributed by atoms with van der Waals surface area (Å²) in [6.07, 6.45) is -0.204. The molecule has 2 aliphatic rings. The van der Waals surface area contributed by atoms with Crippen LogP contribution in [0.2, 0.25) is 0 Å². The van der Waals surface area contributed by atoms with E-state index in [2.05, 4.69) is 4.84 Å². The molecule has 2 rings (SSSR count). The van der Waals surface area contributed by atoms with E-state index in [0.717, 1.165) is 6.42 Å². The Morgan fingerprint density at radius 1 is 1.31 bits per heavy atom. The van der Waals surface area contributed by atoms with Gasteiger partial charge in [0, 0.05) is 19.3 Å². The summed E-state index contributed by atoms with van der Waals surface area (Å²) in [5, 5.41) is 0.442. The lowest BCUT2D eigenvalue weighted by Crippen LogP contribution is -2.33. The van der Waals surface area contributed by atoms with Crippen molar-refractivity contribution in [3.05, 3.63) is 0 Å². The Morgan fingerprint density at radius 3 is 2.56 bits per heavy atom. The standard InChI is InChI=1S/C9H11NO6/c11-6-3-4-7(12)10(6)16-9(13)15-8-2-1-5-14-8/h8H,1-5H2. The number of carbonyl (C=O) groups is 3. The Kier molecular flexibility index (Phi) is 3.04. The first-order valence-electron chi connectivity index (χ1n) is 5.03. The SMILES string of the molecule is O=C(OC1CCCO1)ON1C(=O)CCC1=O. The molecular formula is C9H11NO6. The van der Waals surface area contributed by atoms with Gasteiger partial charge in [-0.2, -0.15) is 0 Å². The lowest BCUT2D eigenvalue weighted by atomic mass is 10.4. The third-order valence-corrected chi connectivity index (χ3v) is 2.29. The van der Waals surface area contributed by atoms with Gasteiger partial charge in [-0.3, -0.25) is 14.4 Å². The second-order valence-corrected chi connectivity index (χ2v) is 3.48. The molecule has 2 amide bonds. The Hall–Kier alpha value is -1.63. The average molecular weight is 229 g/mol. The van der Waals surface area contributed by atoms with Crippen LogP contribution in [0, 0.1) is 0 Å². The number of carbonyl (C=O) groups excluding carboxylic acids is 3. The van der Waals surface area contributed by atoms with Gasteiger partial charge in [-0.15, -0.1) is 0 Å². The van der Waals surface area contributed by atoms with Crippen molar-refractivity contribution in [2.75, 3.05) is 6.61 Å². The molecule has 0 spiro atoms. The number of imide groups is 1. The Labute approximate surface area is 91.2 Å². The van der Waals surface area contributed by atoms with Gasteiger partial charge in [-0.1, -0.05) is 5.06 Å². The summed E-state index contributed by atoms with van der Waals surface area (Å²) in [5.41, 5.74) is 0. The lowest BCUT2D eigenvalue weighted by molar-refractivity contribution is -0.185. The van der Waals surface area contributed by atoms with Crippen LogP contribution in [0.15, 0.2) is 0 Å². The second kappa shape index (κ2) is 4.48. The van der Waals surface area contributed by atoms with Crippen molar-refractivity contribution in [2.45, 2.75) is 32.0 Å². The number of hydroxylamine groups is 2. The Bertz CT molecular complexity index is 306. The highest BCUT2D eigenvalue weighted by Gasteiger charge is 2.34. The zero-order chi connectivity index (χ0) is 11.5. The average Bonchev–Trinajstić information content (AvgIpc) is 2.83. The third kappa shape index (κ3) is 2.30. The van der Waals surface area contributed by atoms with E-state index in [9.17, 15) is 14.4 Å². The molecular weight excluding hydrogens is 218 g/mol. The van der Waals surface area contributed by atoms with Gasteiger partial charge in [0.25, 0.3) is 11.8 Å². The minimum absolute atomic E-state index is 0.0615. The predicted molar refractivity (Wildman–Crippen MR) is 47.6 cm³/mol. The molecule has 7 nitrogen and oxygen atoms in total. The molecule has 0 saturated carbocycles. The van der Waals surface area contributed by atoms with Gasteiger partial charge in [0.1, 0.15) is 0 Å². The maximum absolute atomic E-state index is 11.2. The Morgan fingerprint density at radius 2 is 2.00 bits per heavy atom. The minimum Gasteiger partial charge on any atom is -0.403 e. The van der Waals surface area contributed by atoms with Gasteiger partial charge in [0.05, 0.1) is 6.61 Å². The van der Waals surface area contributed by atoms with E-state index >= 15 is 0 Å². The fraction of sp³-hybridized carbons (Fsp3) is 0.667. The summed E-state index contributed by atoms with van der Waals surface area (Å²) in [7, 11) is 0. The molecule has 2 heterocycles. The van der Waals surface area contributed by atoms with Gasteiger partial charge in [-0.25, -0.2) is 4.79 Å². The highest BCUT2D eigenvalue weighted by Crippen LogP contribution is 2.16. The van der Waals surface area contributed by atoms with Crippen LogP contribution in [-0.4, -0.2) is 35.9 Å². The monoisotopic (exact) mass is 229 g/mol. The quantitative estimate of drug-likeness (QED) is 0.501. The second-order valence-electron chi connectivity index (χ2n) is 3.48. The van der Waals surface area contributed by atoms with E-state index in [1.807, 2.05) is 0 Å². The summed E-state index contributed by atoms with van der Waals surface area (Å²) in [6, 6.07) is 0. The number of amides is 2. The van der Waals surface area contributed by atoms with Crippen LogP contribution in [0.4, 0.5) is 4.79 Å². The van der Waals surface area contributed by atoms with E-state index in [1.54, 1.807) is 0 Å². The van der Waals surface area contributed by atoms with Crippen LogP contribution in [-0.2, 0) is 23.9 Å². The molecule has 88 valence electrons. The molecule has 2 saturated heterocycles. The minimum atomic E-state index is -1.09. The molecule has 0 aromatic rings. The molecule has 1 atom stereocenters. The molecule has 0 bridgehead atoms. The van der Waals surface area contributed by atoms with Crippen molar-refractivity contribution in [2.24, 2.45) is 0 Å². The summed E-state index contributed by atoms with van der Waals surface area (Å²) >= 11 is 0. The van der Waals surface area contributed by atoms with E-state index in [1.165, 1.54) is 0 Å². The van der Waals surface area contributed by atoms with E-state index in [-0.39, 0.29) is 12.8 Å². The fourth-order valence-electron chi connectivity index (χ4n) is 1.50. The summed E-state index contributed by atoms with van der Waals surface area (Å²) in [4.78, 5) is 37.9. The van der Waals surface area contributed by atoms with Gasteiger partial charge in [-0.05, 0) is 6.42 Å². The fourth-order valence-corrected chi connectivity index (χ4v) is 1.50. The maximum atomic E-state index is 11.2. The highest BCUT2D eigenvalue weighted by atomic mass is 16.9. The van der Waals surface area contributed by atoms with Crippen molar-refractivity contribution < 1.29 is 28.7 Å². The van der Waals surface area contributed by atoms with Crippen LogP contribution in [0.25, 0.3) is 0 Å². The first kappa shape index (κ1) is 10.9. The predicted octanol–water partition coefficient (Wildman–Crippen LogP) is 0.340. The Balaban J connectivity index is 1.82. The van der Waals surface area contributed by atoms with Gasteiger partial charge < -0.3 is 9.47 Å². The van der Waals surface area contributed by atoms with Crippen molar-refractivity contribution in [1.29, 1.82) is 0 Å². The van der Waals surface area contributed by atoms with E-state index < -0.39 is 24.3 Å². The molecule has 7 heteroatoms. The molecule has 0 aromatic heterocycles. The van der Waals surface area contributed by atoms with Crippen LogP contribution >= 0.6 is 0 Å². The summed E-state index contributed by atoms with van der Waals surface area (Å²) in [6.45, 7) is 0.527. The van der Waals surface area contributed by atoms with Gasteiger partial charge in [0.2, 0.25) is 6.29 Å². The zero-order valence-electron chi connectivity index (χ0n) is 8.51. The molecule has 1 unspecified atom stereocenters. The molecule has 0 aromatic carbocycles. The molecule has 0 aliphatic carbocycles. The largest absolute Gasteiger partial charge is 0.536 e. The first-order chi connectivity index (χ1) is 7.66. The molecule has 2 aliphatic heterocycles.